The maximum atomic E-state index is 14.5. The van der Waals surface area contributed by atoms with Gasteiger partial charge >= 0.3 is 10.1 Å². The molecule has 0 saturated carbocycles. The lowest BCUT2D eigenvalue weighted by atomic mass is 9.89. The van der Waals surface area contributed by atoms with E-state index in [1.807, 2.05) is 39.8 Å². The van der Waals surface area contributed by atoms with Crippen LogP contribution in [0.25, 0.3) is 5.69 Å². The van der Waals surface area contributed by atoms with E-state index in [0.717, 1.165) is 16.2 Å². The maximum absolute atomic E-state index is 14.5. The zero-order chi connectivity index (χ0) is 26.2. The number of aromatic nitrogens is 2. The maximum Gasteiger partial charge on any atom is 0.341 e. The van der Waals surface area contributed by atoms with Crippen LogP contribution in [0.3, 0.4) is 0 Å². The average Bonchev–Trinajstić information content (AvgIpc) is 2.74. The molecular weight excluding hydrogens is 491 g/mol. The molecule has 0 spiro atoms. The fourth-order valence-electron chi connectivity index (χ4n) is 3.90. The van der Waals surface area contributed by atoms with Crippen molar-refractivity contribution in [1.82, 2.24) is 9.55 Å². The van der Waals surface area contributed by atoms with Crippen LogP contribution < -0.4 is 9.74 Å². The summed E-state index contributed by atoms with van der Waals surface area (Å²) in [5, 5.41) is -0.149. The number of halogens is 2. The number of aryl methyl sites for hydroxylation is 1. The van der Waals surface area contributed by atoms with Crippen LogP contribution in [0.4, 0.5) is 4.39 Å². The second kappa shape index (κ2) is 10.1. The molecule has 0 aliphatic rings. The predicted octanol–water partition coefficient (Wildman–Crippen LogP) is 6.47. The molecule has 1 heterocycles. The van der Waals surface area contributed by atoms with Crippen LogP contribution in [0, 0.1) is 12.7 Å². The molecule has 1 aromatic heterocycles. The molecule has 0 amide bonds. The standard InChI is InChI=1S/C26H30ClFN2O4S/c1-14(2)18-11-19(15(3)4)26(20(12-18)16(5)6)35(32,33)34-23-13-24(31)30(17(7)29-23)22-10-8-9-21(27)25(22)28/h8-16H,1-7H3. The van der Waals surface area contributed by atoms with E-state index in [2.05, 4.69) is 18.8 Å². The van der Waals surface area contributed by atoms with Crippen molar-refractivity contribution >= 4 is 21.7 Å². The van der Waals surface area contributed by atoms with Gasteiger partial charge in [-0.3, -0.25) is 9.36 Å². The molecule has 6 nitrogen and oxygen atoms in total. The third-order valence-electron chi connectivity index (χ3n) is 5.76. The highest BCUT2D eigenvalue weighted by molar-refractivity contribution is 7.87. The van der Waals surface area contributed by atoms with Gasteiger partial charge in [-0.2, -0.15) is 13.4 Å². The number of benzene rings is 2. The smallest absolute Gasteiger partial charge is 0.341 e. The minimum absolute atomic E-state index is 0.0483. The zero-order valence-corrected chi connectivity index (χ0v) is 22.5. The summed E-state index contributed by atoms with van der Waals surface area (Å²) >= 11 is 5.85. The molecule has 0 radical (unpaired) electrons. The van der Waals surface area contributed by atoms with Crippen molar-refractivity contribution in [2.45, 2.75) is 71.1 Å². The minimum Gasteiger partial charge on any atom is -0.358 e. The normalized spacial score (nSPS) is 12.1. The Hall–Kier alpha value is -2.71. The van der Waals surface area contributed by atoms with Crippen LogP contribution in [0.1, 0.15) is 81.8 Å². The third kappa shape index (κ3) is 5.43. The van der Waals surface area contributed by atoms with Crippen molar-refractivity contribution in [3.05, 3.63) is 80.1 Å². The summed E-state index contributed by atoms with van der Waals surface area (Å²) in [6.45, 7) is 13.3. The van der Waals surface area contributed by atoms with Gasteiger partial charge in [-0.15, -0.1) is 0 Å². The van der Waals surface area contributed by atoms with Crippen molar-refractivity contribution in [3.8, 4) is 11.6 Å². The summed E-state index contributed by atoms with van der Waals surface area (Å²) in [7, 11) is -4.34. The van der Waals surface area contributed by atoms with E-state index >= 15 is 0 Å². The highest BCUT2D eigenvalue weighted by Gasteiger charge is 2.29. The van der Waals surface area contributed by atoms with Gasteiger partial charge in [-0.05, 0) is 53.5 Å². The lowest BCUT2D eigenvalue weighted by Crippen LogP contribution is -2.24. The first-order valence-corrected chi connectivity index (χ1v) is 13.2. The molecule has 2 aromatic carbocycles. The molecule has 0 bridgehead atoms. The van der Waals surface area contributed by atoms with E-state index in [4.69, 9.17) is 15.8 Å². The summed E-state index contributed by atoms with van der Waals surface area (Å²) in [4.78, 5) is 17.1. The number of hydrogen-bond acceptors (Lipinski definition) is 5. The van der Waals surface area contributed by atoms with E-state index in [9.17, 15) is 17.6 Å². The van der Waals surface area contributed by atoms with E-state index in [0.29, 0.717) is 11.1 Å². The molecular formula is C26H30ClFN2O4S. The summed E-state index contributed by atoms with van der Waals surface area (Å²) < 4.78 is 48.1. The quantitative estimate of drug-likeness (QED) is 0.333. The molecule has 0 N–H and O–H groups in total. The van der Waals surface area contributed by atoms with E-state index in [1.165, 1.54) is 25.1 Å². The van der Waals surface area contributed by atoms with E-state index in [1.54, 1.807) is 0 Å². The van der Waals surface area contributed by atoms with Gasteiger partial charge in [0.15, 0.2) is 5.82 Å². The third-order valence-corrected chi connectivity index (χ3v) is 7.41. The Labute approximate surface area is 210 Å². The van der Waals surface area contributed by atoms with Crippen molar-refractivity contribution in [2.24, 2.45) is 0 Å². The monoisotopic (exact) mass is 520 g/mol. The number of hydrogen-bond donors (Lipinski definition) is 0. The van der Waals surface area contributed by atoms with Gasteiger partial charge in [0, 0.05) is 0 Å². The van der Waals surface area contributed by atoms with Gasteiger partial charge in [0.25, 0.3) is 5.56 Å². The zero-order valence-electron chi connectivity index (χ0n) is 20.9. The second-order valence-corrected chi connectivity index (χ2v) is 11.3. The van der Waals surface area contributed by atoms with Crippen LogP contribution in [-0.2, 0) is 10.1 Å². The SMILES string of the molecule is Cc1nc(OS(=O)(=O)c2c(C(C)C)cc(C(C)C)cc2C(C)C)cc(=O)n1-c1cccc(Cl)c1F. The van der Waals surface area contributed by atoms with Gasteiger partial charge in [-0.25, -0.2) is 4.39 Å². The minimum atomic E-state index is -4.34. The molecule has 0 atom stereocenters. The predicted molar refractivity (Wildman–Crippen MR) is 136 cm³/mol. The molecule has 0 fully saturated rings. The van der Waals surface area contributed by atoms with Gasteiger partial charge in [0.2, 0.25) is 5.88 Å². The molecule has 35 heavy (non-hydrogen) atoms. The Balaban J connectivity index is 2.15. The summed E-state index contributed by atoms with van der Waals surface area (Å²) in [6, 6.07) is 8.98. The fourth-order valence-corrected chi connectivity index (χ4v) is 5.63. The molecule has 0 aliphatic heterocycles. The van der Waals surface area contributed by atoms with Gasteiger partial charge < -0.3 is 4.18 Å². The highest BCUT2D eigenvalue weighted by Crippen LogP contribution is 2.36. The van der Waals surface area contributed by atoms with Crippen molar-refractivity contribution in [3.63, 3.8) is 0 Å². The Morgan fingerprint density at radius 3 is 2.03 bits per heavy atom. The highest BCUT2D eigenvalue weighted by atomic mass is 35.5. The van der Waals surface area contributed by atoms with Gasteiger partial charge in [0.1, 0.15) is 10.7 Å². The van der Waals surface area contributed by atoms with Crippen LogP contribution in [0.15, 0.2) is 46.1 Å². The largest absolute Gasteiger partial charge is 0.358 e. The topological polar surface area (TPSA) is 78.3 Å². The van der Waals surface area contributed by atoms with E-state index in [-0.39, 0.29) is 45.1 Å². The van der Waals surface area contributed by atoms with Gasteiger partial charge in [-0.1, -0.05) is 71.3 Å². The molecule has 9 heteroatoms. The van der Waals surface area contributed by atoms with Crippen molar-refractivity contribution in [2.75, 3.05) is 0 Å². The van der Waals surface area contributed by atoms with Gasteiger partial charge in [0.05, 0.1) is 16.8 Å². The Kier molecular flexibility index (Phi) is 7.77. The Morgan fingerprint density at radius 1 is 0.971 bits per heavy atom. The Morgan fingerprint density at radius 2 is 1.54 bits per heavy atom. The van der Waals surface area contributed by atoms with Crippen molar-refractivity contribution in [1.29, 1.82) is 0 Å². The van der Waals surface area contributed by atoms with Crippen molar-refractivity contribution < 1.29 is 17.0 Å². The Bertz CT molecular complexity index is 1400. The van der Waals surface area contributed by atoms with Crippen LogP contribution in [-0.4, -0.2) is 18.0 Å². The fraction of sp³-hybridized carbons (Fsp3) is 0.385. The lowest BCUT2D eigenvalue weighted by molar-refractivity contribution is 0.468. The summed E-state index contributed by atoms with van der Waals surface area (Å²) in [5.74, 6) is -1.08. The van der Waals surface area contributed by atoms with Crippen LogP contribution in [0.2, 0.25) is 5.02 Å². The first-order valence-electron chi connectivity index (χ1n) is 11.4. The number of nitrogens with zero attached hydrogens (tertiary/aromatic N) is 2. The second-order valence-electron chi connectivity index (χ2n) is 9.42. The lowest BCUT2D eigenvalue weighted by Gasteiger charge is -2.22. The first kappa shape index (κ1) is 26.9. The van der Waals surface area contributed by atoms with Crippen LogP contribution in [0.5, 0.6) is 5.88 Å². The molecule has 3 rings (SSSR count). The average molecular weight is 521 g/mol. The summed E-state index contributed by atoms with van der Waals surface area (Å²) in [5.41, 5.74) is 1.54. The summed E-state index contributed by atoms with van der Waals surface area (Å²) in [6.07, 6.45) is 0. The number of rotatable bonds is 7. The molecule has 0 saturated heterocycles. The molecule has 0 aliphatic carbocycles. The van der Waals surface area contributed by atoms with Crippen LogP contribution >= 0.6 is 11.6 Å². The molecule has 3 aromatic rings. The first-order chi connectivity index (χ1) is 16.2. The molecule has 0 unspecified atom stereocenters. The molecule has 188 valence electrons. The van der Waals surface area contributed by atoms with E-state index < -0.39 is 21.5 Å².